The third-order valence-electron chi connectivity index (χ3n) is 3.39. The molecule has 0 fully saturated rings. The molecule has 0 spiro atoms. The SMILES string of the molecule is Cc1ccc(/C=N\NC(=O)CSc2nnc(-c3cccc(Br)c3)n2C)o1. The van der Waals surface area contributed by atoms with Gasteiger partial charge >= 0.3 is 0 Å². The predicted molar refractivity (Wildman–Crippen MR) is 104 cm³/mol. The van der Waals surface area contributed by atoms with Gasteiger partial charge in [0, 0.05) is 17.1 Å². The number of hydrogen-bond donors (Lipinski definition) is 1. The molecule has 2 aromatic heterocycles. The monoisotopic (exact) mass is 433 g/mol. The number of halogens is 1. The van der Waals surface area contributed by atoms with Crippen LogP contribution in [0.3, 0.4) is 0 Å². The van der Waals surface area contributed by atoms with Crippen LogP contribution >= 0.6 is 27.7 Å². The van der Waals surface area contributed by atoms with Crippen molar-refractivity contribution in [2.75, 3.05) is 5.75 Å². The molecule has 0 unspecified atom stereocenters. The fourth-order valence-electron chi connectivity index (χ4n) is 2.17. The molecule has 26 heavy (non-hydrogen) atoms. The summed E-state index contributed by atoms with van der Waals surface area (Å²) >= 11 is 4.74. The van der Waals surface area contributed by atoms with Gasteiger partial charge in [-0.05, 0) is 31.2 Å². The maximum Gasteiger partial charge on any atom is 0.250 e. The summed E-state index contributed by atoms with van der Waals surface area (Å²) in [7, 11) is 1.87. The maximum atomic E-state index is 11.9. The van der Waals surface area contributed by atoms with E-state index >= 15 is 0 Å². The van der Waals surface area contributed by atoms with Crippen molar-refractivity contribution in [3.05, 3.63) is 52.4 Å². The highest BCUT2D eigenvalue weighted by Gasteiger charge is 2.13. The van der Waals surface area contributed by atoms with Gasteiger partial charge in [-0.25, -0.2) is 5.43 Å². The second kappa shape index (κ2) is 8.33. The fourth-order valence-corrected chi connectivity index (χ4v) is 3.28. The van der Waals surface area contributed by atoms with Crippen molar-refractivity contribution in [1.29, 1.82) is 0 Å². The summed E-state index contributed by atoms with van der Waals surface area (Å²) < 4.78 is 8.16. The number of carbonyl (C=O) groups excluding carboxylic acids is 1. The summed E-state index contributed by atoms with van der Waals surface area (Å²) in [6, 6.07) is 11.4. The fraction of sp³-hybridized carbons (Fsp3) is 0.176. The number of amides is 1. The van der Waals surface area contributed by atoms with Crippen molar-refractivity contribution in [2.24, 2.45) is 12.1 Å². The molecule has 0 saturated carbocycles. The standard InChI is InChI=1S/C17H16BrN5O2S/c1-11-6-7-14(25-11)9-19-20-15(24)10-26-17-22-21-16(23(17)2)12-4-3-5-13(18)8-12/h3-9H,10H2,1-2H3,(H,20,24)/b19-9-. The maximum absolute atomic E-state index is 11.9. The lowest BCUT2D eigenvalue weighted by molar-refractivity contribution is -0.118. The van der Waals surface area contributed by atoms with Gasteiger partial charge in [-0.2, -0.15) is 5.10 Å². The van der Waals surface area contributed by atoms with Crippen LogP contribution in [-0.2, 0) is 11.8 Å². The van der Waals surface area contributed by atoms with Gasteiger partial charge in [-0.3, -0.25) is 4.79 Å². The first-order chi connectivity index (χ1) is 12.5. The third-order valence-corrected chi connectivity index (χ3v) is 4.91. The lowest BCUT2D eigenvalue weighted by atomic mass is 10.2. The second-order valence-electron chi connectivity index (χ2n) is 5.41. The van der Waals surface area contributed by atoms with Crippen molar-refractivity contribution >= 4 is 39.8 Å². The summed E-state index contributed by atoms with van der Waals surface area (Å²) in [5, 5.41) is 12.9. The van der Waals surface area contributed by atoms with Crippen molar-refractivity contribution in [2.45, 2.75) is 12.1 Å². The van der Waals surface area contributed by atoms with Crippen LogP contribution in [0.2, 0.25) is 0 Å². The lowest BCUT2D eigenvalue weighted by Crippen LogP contribution is -2.19. The molecule has 1 N–H and O–H groups in total. The van der Waals surface area contributed by atoms with Crippen LogP contribution in [0.25, 0.3) is 11.4 Å². The van der Waals surface area contributed by atoms with E-state index in [1.54, 1.807) is 6.07 Å². The first-order valence-corrected chi connectivity index (χ1v) is 9.47. The van der Waals surface area contributed by atoms with Gasteiger partial charge < -0.3 is 8.98 Å². The number of aromatic nitrogens is 3. The van der Waals surface area contributed by atoms with E-state index in [0.717, 1.165) is 21.6 Å². The Labute approximate surface area is 163 Å². The molecule has 0 aliphatic rings. The normalized spacial score (nSPS) is 11.2. The summed E-state index contributed by atoms with van der Waals surface area (Å²) in [4.78, 5) is 11.9. The molecule has 9 heteroatoms. The Morgan fingerprint density at radius 2 is 2.23 bits per heavy atom. The first kappa shape index (κ1) is 18.4. The molecular weight excluding hydrogens is 418 g/mol. The topological polar surface area (TPSA) is 85.3 Å². The minimum Gasteiger partial charge on any atom is -0.460 e. The molecule has 1 amide bonds. The average Bonchev–Trinajstić information content (AvgIpc) is 3.19. The number of carbonyl (C=O) groups is 1. The van der Waals surface area contributed by atoms with Crippen LogP contribution in [-0.4, -0.2) is 32.6 Å². The second-order valence-corrected chi connectivity index (χ2v) is 7.26. The molecule has 3 rings (SSSR count). The van der Waals surface area contributed by atoms with Gasteiger partial charge in [0.2, 0.25) is 0 Å². The molecule has 0 aliphatic carbocycles. The van der Waals surface area contributed by atoms with Crippen LogP contribution in [0, 0.1) is 6.92 Å². The lowest BCUT2D eigenvalue weighted by Gasteiger charge is -2.04. The van der Waals surface area contributed by atoms with E-state index in [0.29, 0.717) is 10.9 Å². The molecule has 0 saturated heterocycles. The van der Waals surface area contributed by atoms with Gasteiger partial charge in [-0.1, -0.05) is 39.8 Å². The van der Waals surface area contributed by atoms with Crippen molar-refractivity contribution < 1.29 is 9.21 Å². The summed E-state index contributed by atoms with van der Waals surface area (Å²) in [5.41, 5.74) is 3.41. The van der Waals surface area contributed by atoms with E-state index in [1.165, 1.54) is 18.0 Å². The Morgan fingerprint density at radius 3 is 2.96 bits per heavy atom. The van der Waals surface area contributed by atoms with Crippen LogP contribution < -0.4 is 5.43 Å². The third kappa shape index (κ3) is 4.61. The van der Waals surface area contributed by atoms with Gasteiger partial charge in [0.15, 0.2) is 11.0 Å². The number of furan rings is 1. The Bertz CT molecular complexity index is 950. The molecule has 0 aliphatic heterocycles. The van der Waals surface area contributed by atoms with E-state index in [4.69, 9.17) is 4.42 Å². The largest absolute Gasteiger partial charge is 0.460 e. The highest BCUT2D eigenvalue weighted by atomic mass is 79.9. The molecule has 0 atom stereocenters. The van der Waals surface area contributed by atoms with Crippen molar-refractivity contribution in [3.8, 4) is 11.4 Å². The van der Waals surface area contributed by atoms with Crippen LogP contribution in [0.5, 0.6) is 0 Å². The minimum atomic E-state index is -0.235. The van der Waals surface area contributed by atoms with Gasteiger partial charge in [-0.15, -0.1) is 10.2 Å². The zero-order chi connectivity index (χ0) is 18.5. The van der Waals surface area contributed by atoms with Gasteiger partial charge in [0.25, 0.3) is 5.91 Å². The van der Waals surface area contributed by atoms with E-state index in [-0.39, 0.29) is 11.7 Å². The smallest absolute Gasteiger partial charge is 0.250 e. The molecule has 7 nitrogen and oxygen atoms in total. The quantitative estimate of drug-likeness (QED) is 0.365. The minimum absolute atomic E-state index is 0.180. The Balaban J connectivity index is 1.56. The summed E-state index contributed by atoms with van der Waals surface area (Å²) in [6.07, 6.45) is 1.46. The summed E-state index contributed by atoms with van der Waals surface area (Å²) in [6.45, 7) is 1.84. The number of thioether (sulfide) groups is 1. The van der Waals surface area contributed by atoms with Crippen LogP contribution in [0.4, 0.5) is 0 Å². The molecule has 134 valence electrons. The van der Waals surface area contributed by atoms with Gasteiger partial charge in [0.05, 0.1) is 12.0 Å². The number of rotatable bonds is 6. The molecule has 0 radical (unpaired) electrons. The average molecular weight is 434 g/mol. The number of benzene rings is 1. The van der Waals surface area contributed by atoms with Gasteiger partial charge in [0.1, 0.15) is 11.5 Å². The number of nitrogens with zero attached hydrogens (tertiary/aromatic N) is 4. The van der Waals surface area contributed by atoms with E-state index < -0.39 is 0 Å². The Kier molecular flexibility index (Phi) is 5.89. The van der Waals surface area contributed by atoms with Crippen molar-refractivity contribution in [3.63, 3.8) is 0 Å². The van der Waals surface area contributed by atoms with E-state index in [9.17, 15) is 4.79 Å². The number of hydrazone groups is 1. The zero-order valence-electron chi connectivity index (χ0n) is 14.1. The number of nitrogens with one attached hydrogen (secondary N) is 1. The predicted octanol–water partition coefficient (Wildman–Crippen LogP) is 3.39. The number of hydrogen-bond acceptors (Lipinski definition) is 6. The van der Waals surface area contributed by atoms with E-state index in [1.807, 2.05) is 48.9 Å². The van der Waals surface area contributed by atoms with Crippen LogP contribution in [0.15, 0.2) is 55.5 Å². The molecule has 0 bridgehead atoms. The van der Waals surface area contributed by atoms with Crippen LogP contribution in [0.1, 0.15) is 11.5 Å². The highest BCUT2D eigenvalue weighted by Crippen LogP contribution is 2.24. The number of aryl methyl sites for hydroxylation is 1. The molecule has 2 heterocycles. The highest BCUT2D eigenvalue weighted by molar-refractivity contribution is 9.10. The Hall–Kier alpha value is -2.39. The summed E-state index contributed by atoms with van der Waals surface area (Å²) in [5.74, 6) is 2.06. The molecule has 1 aromatic carbocycles. The molecular formula is C17H16BrN5O2S. The first-order valence-electron chi connectivity index (χ1n) is 7.69. The van der Waals surface area contributed by atoms with Crippen molar-refractivity contribution in [1.82, 2.24) is 20.2 Å². The Morgan fingerprint density at radius 1 is 1.38 bits per heavy atom. The van der Waals surface area contributed by atoms with E-state index in [2.05, 4.69) is 36.7 Å². The molecule has 3 aromatic rings. The zero-order valence-corrected chi connectivity index (χ0v) is 16.5.